The van der Waals surface area contributed by atoms with Crippen LogP contribution in [0, 0.1) is 11.7 Å². The summed E-state index contributed by atoms with van der Waals surface area (Å²) in [6.45, 7) is 2.32. The van der Waals surface area contributed by atoms with Gasteiger partial charge in [-0.1, -0.05) is 24.3 Å². The highest BCUT2D eigenvalue weighted by atomic mass is 19.1. The molecule has 1 amide bonds. The van der Waals surface area contributed by atoms with Crippen LogP contribution in [0.15, 0.2) is 48.5 Å². The van der Waals surface area contributed by atoms with Crippen LogP contribution in [0.4, 0.5) is 10.3 Å². The average Bonchev–Trinajstić information content (AvgIpc) is 3.11. The maximum atomic E-state index is 14.1. The molecule has 0 aliphatic carbocycles. The molecule has 0 saturated carbocycles. The number of aromatic nitrogens is 2. The molecule has 0 N–H and O–H groups in total. The molecular weight excluding hydrogens is 389 g/mol. The monoisotopic (exact) mass is 411 g/mol. The second-order valence-corrected chi connectivity index (χ2v) is 6.98. The van der Waals surface area contributed by atoms with Gasteiger partial charge in [-0.15, -0.1) is 0 Å². The first-order valence-corrected chi connectivity index (χ1v) is 9.76. The molecule has 4 rings (SSSR count). The molecule has 1 aliphatic rings. The Balaban J connectivity index is 1.98. The van der Waals surface area contributed by atoms with Crippen LogP contribution in [0.25, 0.3) is 11.0 Å². The number of imidazole rings is 1. The number of ether oxygens (including phenoxy) is 2. The number of para-hydroxylation sites is 2. The minimum absolute atomic E-state index is 0.133. The minimum atomic E-state index is -1.17. The van der Waals surface area contributed by atoms with Gasteiger partial charge in [0.05, 0.1) is 36.8 Å². The summed E-state index contributed by atoms with van der Waals surface area (Å²) in [6, 6.07) is 12.6. The predicted molar refractivity (Wildman–Crippen MR) is 109 cm³/mol. The first kappa shape index (κ1) is 20.0. The summed E-state index contributed by atoms with van der Waals surface area (Å²) in [5.41, 5.74) is 1.91. The van der Waals surface area contributed by atoms with Crippen LogP contribution in [0.1, 0.15) is 18.5 Å². The van der Waals surface area contributed by atoms with Gasteiger partial charge in [0.15, 0.2) is 5.92 Å². The topological polar surface area (TPSA) is 73.7 Å². The minimum Gasteiger partial charge on any atom is -0.465 e. The number of methoxy groups -OCH3 is 1. The molecule has 2 unspecified atom stereocenters. The van der Waals surface area contributed by atoms with Crippen LogP contribution in [-0.4, -0.2) is 48.3 Å². The molecule has 0 radical (unpaired) electrons. The quantitative estimate of drug-likeness (QED) is 0.461. The zero-order chi connectivity index (χ0) is 21.3. The molecule has 3 aromatic rings. The molecule has 7 nitrogen and oxygen atoms in total. The molecule has 8 heteroatoms. The van der Waals surface area contributed by atoms with Crippen molar-refractivity contribution in [3.05, 3.63) is 59.9 Å². The molecule has 0 saturated heterocycles. The summed E-state index contributed by atoms with van der Waals surface area (Å²) in [7, 11) is 1.54. The van der Waals surface area contributed by atoms with Crippen LogP contribution in [0.2, 0.25) is 0 Å². The SMILES string of the molecule is CCOC(=O)C1C(=O)N(CCOC)c2nc3ccccc3n2C1c1cccc(F)c1. The van der Waals surface area contributed by atoms with Crippen molar-refractivity contribution in [1.29, 1.82) is 0 Å². The highest BCUT2D eigenvalue weighted by Gasteiger charge is 2.47. The third-order valence-corrected chi connectivity index (χ3v) is 5.19. The lowest BCUT2D eigenvalue weighted by atomic mass is 9.89. The molecule has 1 aromatic heterocycles. The van der Waals surface area contributed by atoms with Gasteiger partial charge in [0.2, 0.25) is 11.9 Å². The van der Waals surface area contributed by atoms with Gasteiger partial charge in [0.1, 0.15) is 5.82 Å². The van der Waals surface area contributed by atoms with Crippen LogP contribution in [0.3, 0.4) is 0 Å². The number of fused-ring (bicyclic) bond motifs is 3. The van der Waals surface area contributed by atoms with Gasteiger partial charge in [-0.05, 0) is 36.8 Å². The number of esters is 1. The summed E-state index contributed by atoms with van der Waals surface area (Å²) in [6.07, 6.45) is 0. The second-order valence-electron chi connectivity index (χ2n) is 6.98. The summed E-state index contributed by atoms with van der Waals surface area (Å²) < 4.78 is 26.3. The molecule has 1 aliphatic heterocycles. The fourth-order valence-electron chi connectivity index (χ4n) is 3.93. The fraction of sp³-hybridized carbons (Fsp3) is 0.318. The van der Waals surface area contributed by atoms with Crippen molar-refractivity contribution in [2.45, 2.75) is 13.0 Å². The molecule has 0 spiro atoms. The lowest BCUT2D eigenvalue weighted by Crippen LogP contribution is -2.51. The van der Waals surface area contributed by atoms with Crippen molar-refractivity contribution in [3.8, 4) is 0 Å². The molecule has 2 aromatic carbocycles. The molecule has 0 bridgehead atoms. The van der Waals surface area contributed by atoms with E-state index in [0.29, 0.717) is 17.0 Å². The Bertz CT molecular complexity index is 1100. The molecule has 0 fully saturated rings. The van der Waals surface area contributed by atoms with Gasteiger partial charge in [0.25, 0.3) is 0 Å². The van der Waals surface area contributed by atoms with E-state index in [2.05, 4.69) is 4.98 Å². The number of benzene rings is 2. The van der Waals surface area contributed by atoms with E-state index < -0.39 is 29.7 Å². The normalized spacial score (nSPS) is 18.5. The van der Waals surface area contributed by atoms with Crippen LogP contribution >= 0.6 is 0 Å². The third kappa shape index (κ3) is 3.33. The zero-order valence-corrected chi connectivity index (χ0v) is 16.7. The van der Waals surface area contributed by atoms with Gasteiger partial charge in [0, 0.05) is 7.11 Å². The standard InChI is InChI=1S/C22H22FN3O4/c1-3-30-21(28)18-19(14-7-6-8-15(23)13-14)26-17-10-5-4-9-16(17)24-22(26)25(20(18)27)11-12-29-2/h4-10,13,18-19H,3,11-12H2,1-2H3. The Hall–Kier alpha value is -3.26. The van der Waals surface area contributed by atoms with E-state index in [9.17, 15) is 14.0 Å². The van der Waals surface area contributed by atoms with Gasteiger partial charge in [-0.3, -0.25) is 14.5 Å². The highest BCUT2D eigenvalue weighted by molar-refractivity contribution is 6.08. The Kier molecular flexibility index (Phi) is 5.50. The number of anilines is 1. The number of carbonyl (C=O) groups is 2. The van der Waals surface area contributed by atoms with Crippen molar-refractivity contribution in [2.24, 2.45) is 5.92 Å². The van der Waals surface area contributed by atoms with Crippen LogP contribution < -0.4 is 4.90 Å². The Labute approximate surface area is 173 Å². The van der Waals surface area contributed by atoms with E-state index in [1.807, 2.05) is 28.8 Å². The summed E-state index contributed by atoms with van der Waals surface area (Å²) >= 11 is 0. The predicted octanol–water partition coefficient (Wildman–Crippen LogP) is 2.94. The number of halogens is 1. The van der Waals surface area contributed by atoms with Crippen molar-refractivity contribution in [2.75, 3.05) is 31.8 Å². The largest absolute Gasteiger partial charge is 0.465 e. The smallest absolute Gasteiger partial charge is 0.321 e. The van der Waals surface area contributed by atoms with E-state index in [1.165, 1.54) is 24.1 Å². The van der Waals surface area contributed by atoms with E-state index in [-0.39, 0.29) is 19.8 Å². The lowest BCUT2D eigenvalue weighted by molar-refractivity contribution is -0.153. The van der Waals surface area contributed by atoms with Crippen molar-refractivity contribution in [3.63, 3.8) is 0 Å². The molecule has 156 valence electrons. The van der Waals surface area contributed by atoms with E-state index in [0.717, 1.165) is 5.52 Å². The highest BCUT2D eigenvalue weighted by Crippen LogP contribution is 2.41. The molecule has 2 atom stereocenters. The second kappa shape index (κ2) is 8.23. The van der Waals surface area contributed by atoms with Crippen molar-refractivity contribution in [1.82, 2.24) is 9.55 Å². The summed E-state index contributed by atoms with van der Waals surface area (Å²) in [5, 5.41) is 0. The first-order chi connectivity index (χ1) is 14.6. The number of carbonyl (C=O) groups excluding carboxylic acids is 2. The summed E-state index contributed by atoms with van der Waals surface area (Å²) in [4.78, 5) is 32.5. The zero-order valence-electron chi connectivity index (χ0n) is 16.7. The molecule has 2 heterocycles. The number of hydrogen-bond acceptors (Lipinski definition) is 5. The van der Waals surface area contributed by atoms with E-state index in [4.69, 9.17) is 9.47 Å². The van der Waals surface area contributed by atoms with Crippen molar-refractivity contribution >= 4 is 28.9 Å². The van der Waals surface area contributed by atoms with Gasteiger partial charge in [-0.2, -0.15) is 0 Å². The van der Waals surface area contributed by atoms with Crippen LogP contribution in [-0.2, 0) is 19.1 Å². The Morgan fingerprint density at radius 2 is 2.00 bits per heavy atom. The third-order valence-electron chi connectivity index (χ3n) is 5.19. The molecular formula is C22H22FN3O4. The molecule has 30 heavy (non-hydrogen) atoms. The Morgan fingerprint density at radius 3 is 2.73 bits per heavy atom. The van der Waals surface area contributed by atoms with Gasteiger partial charge in [-0.25, -0.2) is 9.37 Å². The number of rotatable bonds is 6. The van der Waals surface area contributed by atoms with E-state index >= 15 is 0 Å². The maximum Gasteiger partial charge on any atom is 0.321 e. The summed E-state index contributed by atoms with van der Waals surface area (Å²) in [5.74, 6) is -2.32. The number of nitrogens with zero attached hydrogens (tertiary/aromatic N) is 3. The van der Waals surface area contributed by atoms with Gasteiger partial charge >= 0.3 is 5.97 Å². The maximum absolute atomic E-state index is 14.1. The number of hydrogen-bond donors (Lipinski definition) is 0. The first-order valence-electron chi connectivity index (χ1n) is 9.76. The Morgan fingerprint density at radius 1 is 1.20 bits per heavy atom. The van der Waals surface area contributed by atoms with Gasteiger partial charge < -0.3 is 14.0 Å². The number of amides is 1. The average molecular weight is 411 g/mol. The van der Waals surface area contributed by atoms with Crippen LogP contribution in [0.5, 0.6) is 0 Å². The van der Waals surface area contributed by atoms with E-state index in [1.54, 1.807) is 19.1 Å². The van der Waals surface area contributed by atoms with Crippen molar-refractivity contribution < 1.29 is 23.5 Å². The lowest BCUT2D eigenvalue weighted by Gasteiger charge is -2.37. The fourth-order valence-corrected chi connectivity index (χ4v) is 3.93.